The maximum atomic E-state index is 12.0. The molecule has 0 unspecified atom stereocenters. The molecule has 25 heavy (non-hydrogen) atoms. The van der Waals surface area contributed by atoms with E-state index in [1.165, 1.54) is 0 Å². The smallest absolute Gasteiger partial charge is 0.246 e. The van der Waals surface area contributed by atoms with Crippen molar-refractivity contribution >= 4 is 5.91 Å². The van der Waals surface area contributed by atoms with Gasteiger partial charge in [0.1, 0.15) is 12.4 Å². The molecule has 3 rings (SSSR count). The molecule has 1 aromatic rings. The van der Waals surface area contributed by atoms with Crippen LogP contribution in [0, 0.1) is 0 Å². The summed E-state index contributed by atoms with van der Waals surface area (Å²) in [6.07, 6.45) is 4.15. The molecule has 6 nitrogen and oxygen atoms in total. The van der Waals surface area contributed by atoms with E-state index in [1.807, 2.05) is 12.1 Å². The van der Waals surface area contributed by atoms with Crippen LogP contribution < -0.4 is 5.32 Å². The molecule has 0 bridgehead atoms. The number of nitrogens with one attached hydrogen (secondary N) is 1. The molecule has 0 saturated carbocycles. The Labute approximate surface area is 149 Å². The summed E-state index contributed by atoms with van der Waals surface area (Å²) in [5, 5.41) is 12.6. The van der Waals surface area contributed by atoms with Gasteiger partial charge in [-0.2, -0.15) is 0 Å². The van der Waals surface area contributed by atoms with Crippen LogP contribution in [0.15, 0.2) is 24.3 Å². The number of nitrogens with zero attached hydrogens (tertiary/aromatic N) is 1. The number of phenolic OH excluding ortho intramolecular Hbond substituents is 1. The number of aromatic hydroxyl groups is 1. The molecule has 1 aromatic carbocycles. The first-order valence-electron chi connectivity index (χ1n) is 9.18. The van der Waals surface area contributed by atoms with E-state index in [4.69, 9.17) is 9.47 Å². The maximum Gasteiger partial charge on any atom is 0.246 e. The van der Waals surface area contributed by atoms with Gasteiger partial charge in [0.25, 0.3) is 0 Å². The highest BCUT2D eigenvalue weighted by molar-refractivity contribution is 5.77. The van der Waals surface area contributed by atoms with Gasteiger partial charge in [-0.05, 0) is 43.4 Å². The number of hydrogen-bond donors (Lipinski definition) is 2. The second-order valence-electron chi connectivity index (χ2n) is 6.94. The van der Waals surface area contributed by atoms with Crippen molar-refractivity contribution in [3.8, 4) is 5.75 Å². The predicted molar refractivity (Wildman–Crippen MR) is 94.3 cm³/mol. The minimum absolute atomic E-state index is 0.0376. The zero-order valence-electron chi connectivity index (χ0n) is 14.7. The highest BCUT2D eigenvalue weighted by Gasteiger charge is 2.21. The van der Waals surface area contributed by atoms with E-state index in [0.717, 1.165) is 57.5 Å². The van der Waals surface area contributed by atoms with Gasteiger partial charge in [0, 0.05) is 32.3 Å². The van der Waals surface area contributed by atoms with E-state index < -0.39 is 0 Å². The number of likely N-dealkylation sites (tertiary alicyclic amines) is 1. The van der Waals surface area contributed by atoms with Crippen LogP contribution >= 0.6 is 0 Å². The van der Waals surface area contributed by atoms with Gasteiger partial charge in [0.2, 0.25) is 5.91 Å². The monoisotopic (exact) mass is 348 g/mol. The highest BCUT2D eigenvalue weighted by atomic mass is 16.5. The van der Waals surface area contributed by atoms with Gasteiger partial charge >= 0.3 is 0 Å². The van der Waals surface area contributed by atoms with Crippen molar-refractivity contribution in [3.63, 3.8) is 0 Å². The third kappa shape index (κ3) is 5.99. The number of hydrogen-bond acceptors (Lipinski definition) is 5. The highest BCUT2D eigenvalue weighted by Crippen LogP contribution is 2.17. The summed E-state index contributed by atoms with van der Waals surface area (Å²) in [5.41, 5.74) is 1.12. The number of piperidine rings is 1. The van der Waals surface area contributed by atoms with E-state index in [1.54, 1.807) is 12.1 Å². The molecule has 2 fully saturated rings. The largest absolute Gasteiger partial charge is 0.508 e. The van der Waals surface area contributed by atoms with E-state index in [9.17, 15) is 9.90 Å². The molecule has 2 aliphatic heterocycles. The van der Waals surface area contributed by atoms with Gasteiger partial charge in [0.15, 0.2) is 0 Å². The van der Waals surface area contributed by atoms with Crippen LogP contribution in [0.1, 0.15) is 31.2 Å². The molecule has 1 amide bonds. The Hall–Kier alpha value is -1.63. The summed E-state index contributed by atoms with van der Waals surface area (Å²) in [6, 6.07) is 7.61. The molecule has 1 atom stereocenters. The third-order valence-electron chi connectivity index (χ3n) is 4.83. The van der Waals surface area contributed by atoms with E-state index >= 15 is 0 Å². The molecule has 2 N–H and O–H groups in total. The lowest BCUT2D eigenvalue weighted by Crippen LogP contribution is -2.45. The van der Waals surface area contributed by atoms with Crippen LogP contribution in [-0.2, 0) is 20.8 Å². The molecule has 0 aromatic heterocycles. The SMILES string of the molecule is O=C(COC[C@H]1CCCO1)NC1CCN(Cc2cccc(O)c2)CC1. The summed E-state index contributed by atoms with van der Waals surface area (Å²) in [6.45, 7) is 4.15. The summed E-state index contributed by atoms with van der Waals surface area (Å²) in [4.78, 5) is 14.3. The Morgan fingerprint density at radius 2 is 2.16 bits per heavy atom. The Balaban J connectivity index is 1.31. The standard InChI is InChI=1S/C19H28N2O4/c22-17-4-1-3-15(11-17)12-21-8-6-16(7-9-21)20-19(23)14-24-13-18-5-2-10-25-18/h1,3-4,11,16,18,22H,2,5-10,12-14H2,(H,20,23)/t18-/m1/s1. The second-order valence-corrected chi connectivity index (χ2v) is 6.94. The number of phenols is 1. The minimum Gasteiger partial charge on any atom is -0.508 e. The van der Waals surface area contributed by atoms with Crippen molar-refractivity contribution in [1.29, 1.82) is 0 Å². The fourth-order valence-electron chi connectivity index (χ4n) is 3.48. The molecule has 0 radical (unpaired) electrons. The number of ether oxygens (including phenoxy) is 2. The lowest BCUT2D eigenvalue weighted by molar-refractivity contribution is -0.127. The number of carbonyl (C=O) groups is 1. The maximum absolute atomic E-state index is 12.0. The molecule has 138 valence electrons. The number of rotatable bonds is 7. The van der Waals surface area contributed by atoms with Crippen LogP contribution in [0.5, 0.6) is 5.75 Å². The summed E-state index contributed by atoms with van der Waals surface area (Å²) >= 11 is 0. The van der Waals surface area contributed by atoms with Gasteiger partial charge in [-0.3, -0.25) is 9.69 Å². The van der Waals surface area contributed by atoms with Gasteiger partial charge in [-0.15, -0.1) is 0 Å². The van der Waals surface area contributed by atoms with Crippen molar-refractivity contribution in [2.45, 2.75) is 44.4 Å². The quantitative estimate of drug-likeness (QED) is 0.784. The van der Waals surface area contributed by atoms with Crippen LogP contribution in [0.3, 0.4) is 0 Å². The van der Waals surface area contributed by atoms with Crippen LogP contribution in [0.25, 0.3) is 0 Å². The normalized spacial score (nSPS) is 22.2. The predicted octanol–water partition coefficient (Wildman–Crippen LogP) is 1.67. The van der Waals surface area contributed by atoms with Crippen molar-refractivity contribution < 1.29 is 19.4 Å². The molecular formula is C19H28N2O4. The fraction of sp³-hybridized carbons (Fsp3) is 0.632. The number of benzene rings is 1. The van der Waals surface area contributed by atoms with Gasteiger partial charge in [-0.1, -0.05) is 12.1 Å². The lowest BCUT2D eigenvalue weighted by Gasteiger charge is -2.32. The van der Waals surface area contributed by atoms with Crippen molar-refractivity contribution in [1.82, 2.24) is 10.2 Å². The molecule has 0 aliphatic carbocycles. The van der Waals surface area contributed by atoms with Gasteiger partial charge < -0.3 is 19.9 Å². The first-order chi connectivity index (χ1) is 12.2. The summed E-state index contributed by atoms with van der Waals surface area (Å²) < 4.78 is 10.9. The second kappa shape index (κ2) is 9.17. The Kier molecular flexibility index (Phi) is 6.67. The van der Waals surface area contributed by atoms with E-state index in [-0.39, 0.29) is 24.7 Å². The Morgan fingerprint density at radius 1 is 1.32 bits per heavy atom. The Bertz CT molecular complexity index is 552. The van der Waals surface area contributed by atoms with Gasteiger partial charge in [-0.25, -0.2) is 0 Å². The Morgan fingerprint density at radius 3 is 2.88 bits per heavy atom. The van der Waals surface area contributed by atoms with Crippen molar-refractivity contribution in [2.75, 3.05) is 32.9 Å². The first kappa shape index (κ1) is 18.2. The van der Waals surface area contributed by atoms with Crippen LogP contribution in [0.4, 0.5) is 0 Å². The minimum atomic E-state index is -0.0376. The number of amides is 1. The van der Waals surface area contributed by atoms with Crippen molar-refractivity contribution in [2.24, 2.45) is 0 Å². The molecule has 2 aliphatic rings. The summed E-state index contributed by atoms with van der Waals surface area (Å²) in [7, 11) is 0. The van der Waals surface area contributed by atoms with Crippen LogP contribution in [0.2, 0.25) is 0 Å². The fourth-order valence-corrected chi connectivity index (χ4v) is 3.48. The zero-order valence-corrected chi connectivity index (χ0v) is 14.7. The molecule has 2 heterocycles. The number of carbonyl (C=O) groups excluding carboxylic acids is 1. The molecule has 0 spiro atoms. The molecular weight excluding hydrogens is 320 g/mol. The van der Waals surface area contributed by atoms with Crippen molar-refractivity contribution in [3.05, 3.63) is 29.8 Å². The average Bonchev–Trinajstić information content (AvgIpc) is 3.10. The third-order valence-corrected chi connectivity index (χ3v) is 4.83. The van der Waals surface area contributed by atoms with Crippen LogP contribution in [-0.4, -0.2) is 61.0 Å². The molecule has 6 heteroatoms. The average molecular weight is 348 g/mol. The first-order valence-corrected chi connectivity index (χ1v) is 9.18. The molecule has 2 saturated heterocycles. The van der Waals surface area contributed by atoms with E-state index in [2.05, 4.69) is 10.2 Å². The lowest BCUT2D eigenvalue weighted by atomic mass is 10.0. The topological polar surface area (TPSA) is 71.0 Å². The van der Waals surface area contributed by atoms with Gasteiger partial charge in [0.05, 0.1) is 12.7 Å². The summed E-state index contributed by atoms with van der Waals surface area (Å²) in [5.74, 6) is 0.270. The van der Waals surface area contributed by atoms with E-state index in [0.29, 0.717) is 12.4 Å². The zero-order chi connectivity index (χ0) is 17.5.